The number of hydrogen-bond donors (Lipinski definition) is 2. The Labute approximate surface area is 223 Å². The topological polar surface area (TPSA) is 65.1 Å². The molecular weight excluding hydrogens is 480 g/mol. The van der Waals surface area contributed by atoms with Crippen LogP contribution < -0.4 is 15.0 Å². The third kappa shape index (κ3) is 2.54. The monoisotopic (exact) mass is 502 g/mol. The van der Waals surface area contributed by atoms with E-state index >= 15 is 0 Å². The molecule has 0 saturated heterocycles. The van der Waals surface area contributed by atoms with Crippen LogP contribution in [0.25, 0.3) is 44.6 Å². The molecule has 184 valence electrons. The highest BCUT2D eigenvalue weighted by atomic mass is 16.5. The second kappa shape index (κ2) is 7.23. The summed E-state index contributed by atoms with van der Waals surface area (Å²) in [6, 6.07) is 28.1. The molecule has 2 N–H and O–H groups in total. The summed E-state index contributed by atoms with van der Waals surface area (Å²) in [5.41, 5.74) is 6.27. The smallest absolute Gasteiger partial charge is 0.213 e. The minimum absolute atomic E-state index is 0.0815. The molecule has 0 radical (unpaired) electrons. The van der Waals surface area contributed by atoms with E-state index < -0.39 is 0 Å². The van der Waals surface area contributed by atoms with Crippen LogP contribution in [0.2, 0.25) is 0 Å². The zero-order chi connectivity index (χ0) is 25.8. The fraction of sp³-hybridized carbons (Fsp3) is 0.0588. The van der Waals surface area contributed by atoms with Crippen molar-refractivity contribution in [2.75, 3.05) is 4.90 Å². The van der Waals surface area contributed by atoms with Crippen molar-refractivity contribution in [3.05, 3.63) is 119 Å². The molecule has 3 aliphatic rings. The lowest BCUT2D eigenvalue weighted by molar-refractivity contribution is 0.277. The van der Waals surface area contributed by atoms with Crippen molar-refractivity contribution in [3.63, 3.8) is 0 Å². The molecule has 6 aromatic rings. The normalized spacial score (nSPS) is 15.8. The Kier molecular flexibility index (Phi) is 3.87. The average Bonchev–Trinajstić information content (AvgIpc) is 3.54. The third-order valence-corrected chi connectivity index (χ3v) is 8.46. The molecule has 1 aromatic heterocycles. The first-order chi connectivity index (χ1) is 19.2. The van der Waals surface area contributed by atoms with Gasteiger partial charge in [-0.15, -0.1) is 0 Å². The summed E-state index contributed by atoms with van der Waals surface area (Å²) in [4.78, 5) is 1.75. The maximum absolute atomic E-state index is 9.71. The third-order valence-electron chi connectivity index (χ3n) is 8.46. The summed E-state index contributed by atoms with van der Waals surface area (Å²) < 4.78 is 8.46. The van der Waals surface area contributed by atoms with Crippen molar-refractivity contribution >= 4 is 62.1 Å². The van der Waals surface area contributed by atoms with Gasteiger partial charge in [0, 0.05) is 27.3 Å². The number of hydrogen-bond acceptors (Lipinski definition) is 3. The van der Waals surface area contributed by atoms with Crippen LogP contribution in [0.3, 0.4) is 0 Å². The molecule has 0 bridgehead atoms. The van der Waals surface area contributed by atoms with E-state index in [4.69, 9.17) is 4.74 Å². The Morgan fingerprint density at radius 2 is 1.59 bits per heavy atom. The van der Waals surface area contributed by atoms with Crippen LogP contribution in [0.1, 0.15) is 28.4 Å². The second-order valence-electron chi connectivity index (χ2n) is 10.4. The second-order valence-corrected chi connectivity index (χ2v) is 10.4. The van der Waals surface area contributed by atoms with Crippen molar-refractivity contribution in [1.29, 1.82) is 10.8 Å². The highest BCUT2D eigenvalue weighted by Crippen LogP contribution is 2.53. The molecule has 9 rings (SSSR count). The van der Waals surface area contributed by atoms with Crippen LogP contribution in [0.4, 0.5) is 5.69 Å². The van der Waals surface area contributed by atoms with Gasteiger partial charge in [0.05, 0.1) is 16.6 Å². The molecule has 0 saturated carbocycles. The number of benzene rings is 5. The molecule has 2 heterocycles. The number of aromatic nitrogens is 1. The molecule has 39 heavy (non-hydrogen) atoms. The summed E-state index contributed by atoms with van der Waals surface area (Å²) in [7, 11) is 0. The fourth-order valence-corrected chi connectivity index (χ4v) is 6.87. The van der Waals surface area contributed by atoms with Crippen molar-refractivity contribution in [3.8, 4) is 5.75 Å². The largest absolute Gasteiger partial charge is 0.481 e. The Morgan fingerprint density at radius 3 is 2.41 bits per heavy atom. The van der Waals surface area contributed by atoms with Crippen LogP contribution >= 0.6 is 0 Å². The molecule has 1 aliphatic heterocycles. The highest BCUT2D eigenvalue weighted by molar-refractivity contribution is 6.31. The van der Waals surface area contributed by atoms with E-state index in [1.54, 1.807) is 4.90 Å². The zero-order valence-electron chi connectivity index (χ0n) is 20.9. The number of anilines is 1. The first-order valence-corrected chi connectivity index (χ1v) is 13.2. The quantitative estimate of drug-likeness (QED) is 0.156. The Balaban J connectivity index is 1.39. The van der Waals surface area contributed by atoms with Crippen LogP contribution in [-0.4, -0.2) is 16.4 Å². The van der Waals surface area contributed by atoms with Gasteiger partial charge in [0.1, 0.15) is 17.7 Å². The van der Waals surface area contributed by atoms with Gasteiger partial charge in [-0.05, 0) is 58.7 Å². The van der Waals surface area contributed by atoms with E-state index in [1.165, 1.54) is 43.6 Å². The fourth-order valence-electron chi connectivity index (χ4n) is 6.87. The van der Waals surface area contributed by atoms with E-state index in [1.807, 2.05) is 65.2 Å². The maximum Gasteiger partial charge on any atom is 0.213 e. The number of nitrogens with one attached hydrogen (secondary N) is 2. The zero-order valence-corrected chi connectivity index (χ0v) is 20.9. The van der Waals surface area contributed by atoms with E-state index in [2.05, 4.69) is 42.5 Å². The number of rotatable bonds is 2. The Morgan fingerprint density at radius 1 is 0.795 bits per heavy atom. The van der Waals surface area contributed by atoms with Crippen molar-refractivity contribution in [1.82, 2.24) is 4.57 Å². The minimum Gasteiger partial charge on any atom is -0.481 e. The van der Waals surface area contributed by atoms with Crippen LogP contribution in [0, 0.1) is 10.8 Å². The van der Waals surface area contributed by atoms with Gasteiger partial charge in [0.15, 0.2) is 0 Å². The Bertz CT molecular complexity index is 2160. The van der Waals surface area contributed by atoms with E-state index in [-0.39, 0.29) is 17.9 Å². The lowest BCUT2D eigenvalue weighted by atomic mass is 9.84. The van der Waals surface area contributed by atoms with E-state index in [0.717, 1.165) is 34.3 Å². The number of amidine groups is 1. The van der Waals surface area contributed by atoms with Gasteiger partial charge in [-0.1, -0.05) is 72.8 Å². The van der Waals surface area contributed by atoms with Crippen molar-refractivity contribution in [2.24, 2.45) is 0 Å². The van der Waals surface area contributed by atoms with Gasteiger partial charge in [-0.3, -0.25) is 20.3 Å². The van der Waals surface area contributed by atoms with E-state index in [0.29, 0.717) is 0 Å². The molecule has 5 nitrogen and oxygen atoms in total. The standard InChI is InChI=1S/C34H22N4O/c35-33(21-7-3-1-4-8-21)37(22-9-5-2-6-10-22)34(36)38-23-15-11-19-13-17-25-31-27(19)29(23)30-24(38)16-12-20-14-18-26(39-25)32(31)28(20)30/h1-11,13-18,25,35-36H,12H2. The first-order valence-electron chi connectivity index (χ1n) is 13.2. The highest BCUT2D eigenvalue weighted by Gasteiger charge is 2.35. The Hall–Kier alpha value is -5.16. The van der Waals surface area contributed by atoms with Gasteiger partial charge in [0.25, 0.3) is 0 Å². The van der Waals surface area contributed by atoms with Gasteiger partial charge < -0.3 is 4.74 Å². The summed E-state index contributed by atoms with van der Waals surface area (Å²) in [6.07, 6.45) is 7.29. The lowest BCUT2D eigenvalue weighted by Gasteiger charge is -2.27. The summed E-state index contributed by atoms with van der Waals surface area (Å²) >= 11 is 0. The SMILES string of the molecule is N=C(c1ccccc1)N(C(=N)n1c2c3c4c(ccc5c4c4c6c(ccc1c63)C=CC4O5)CC=2)c1ccccc1. The minimum atomic E-state index is -0.0815. The molecule has 0 amide bonds. The molecule has 1 unspecified atom stereocenters. The first kappa shape index (κ1) is 20.8. The predicted octanol–water partition coefficient (Wildman–Crippen LogP) is 6.78. The number of para-hydroxylation sites is 1. The molecule has 0 fully saturated rings. The van der Waals surface area contributed by atoms with Gasteiger partial charge in [-0.25, -0.2) is 0 Å². The number of ether oxygens (including phenoxy) is 1. The maximum atomic E-state index is 9.71. The van der Waals surface area contributed by atoms with Gasteiger partial charge >= 0.3 is 0 Å². The van der Waals surface area contributed by atoms with Crippen LogP contribution in [0.5, 0.6) is 5.75 Å². The number of nitrogens with zero attached hydrogens (tertiary/aromatic N) is 2. The molecule has 2 aliphatic carbocycles. The molecule has 0 spiro atoms. The summed E-state index contributed by atoms with van der Waals surface area (Å²) in [5, 5.41) is 26.0. The molecule has 5 aromatic carbocycles. The van der Waals surface area contributed by atoms with E-state index in [9.17, 15) is 10.8 Å². The molecule has 1 atom stereocenters. The van der Waals surface area contributed by atoms with Gasteiger partial charge in [-0.2, -0.15) is 0 Å². The van der Waals surface area contributed by atoms with Crippen LogP contribution in [-0.2, 0) is 6.42 Å². The summed E-state index contributed by atoms with van der Waals surface area (Å²) in [5.74, 6) is 1.44. The molecule has 5 heteroatoms. The van der Waals surface area contributed by atoms with Crippen LogP contribution in [0.15, 0.2) is 91.0 Å². The van der Waals surface area contributed by atoms with Crippen molar-refractivity contribution < 1.29 is 4.74 Å². The van der Waals surface area contributed by atoms with Gasteiger partial charge in [0.2, 0.25) is 5.96 Å². The lowest BCUT2D eigenvalue weighted by Crippen LogP contribution is -2.44. The van der Waals surface area contributed by atoms with Crippen molar-refractivity contribution in [2.45, 2.75) is 12.5 Å². The summed E-state index contributed by atoms with van der Waals surface area (Å²) in [6.45, 7) is 0. The average molecular weight is 503 g/mol. The molecular formula is C34H22N4O. The predicted molar refractivity (Wildman–Crippen MR) is 158 cm³/mol.